The van der Waals surface area contributed by atoms with E-state index in [-0.39, 0.29) is 31.1 Å². The largest absolute Gasteiger partial charge is 0.390 e. The normalized spacial score (nSPS) is 43.1. The van der Waals surface area contributed by atoms with Gasteiger partial charge < -0.3 is 14.9 Å². The van der Waals surface area contributed by atoms with Crippen molar-refractivity contribution in [2.75, 3.05) is 13.7 Å². The number of methoxy groups -OCH3 is 1. The topological polar surface area (TPSA) is 83.8 Å². The van der Waals surface area contributed by atoms with Gasteiger partial charge in [0.2, 0.25) is 0 Å². The Balaban J connectivity index is 1.93. The number of halogens is 1. The van der Waals surface area contributed by atoms with Crippen LogP contribution in [-0.4, -0.2) is 52.9 Å². The third-order valence-corrected chi connectivity index (χ3v) is 8.05. The van der Waals surface area contributed by atoms with Crippen LogP contribution in [0.4, 0.5) is 4.39 Å². The van der Waals surface area contributed by atoms with Crippen molar-refractivity contribution < 1.29 is 28.9 Å². The van der Waals surface area contributed by atoms with Crippen LogP contribution >= 0.6 is 0 Å². The van der Waals surface area contributed by atoms with Gasteiger partial charge in [-0.05, 0) is 63.5 Å². The third-order valence-electron chi connectivity index (χ3n) is 8.05. The van der Waals surface area contributed by atoms with Crippen LogP contribution < -0.4 is 0 Å². The first kappa shape index (κ1) is 22.3. The summed E-state index contributed by atoms with van der Waals surface area (Å²) in [5.74, 6) is -0.888. The molecule has 3 rings (SSSR count). The fourth-order valence-electron chi connectivity index (χ4n) is 6.00. The summed E-state index contributed by atoms with van der Waals surface area (Å²) in [4.78, 5) is 24.5. The molecule has 2 fully saturated rings. The molecule has 0 radical (unpaired) electrons. The average molecular weight is 409 g/mol. The lowest BCUT2D eigenvalue weighted by molar-refractivity contribution is -0.167. The molecule has 5 nitrogen and oxygen atoms in total. The van der Waals surface area contributed by atoms with Gasteiger partial charge in [0.1, 0.15) is 17.9 Å². The lowest BCUT2D eigenvalue weighted by Crippen LogP contribution is -2.59. The number of aliphatic hydroxyl groups is 2. The number of hydrogen-bond acceptors (Lipinski definition) is 5. The first-order valence-corrected chi connectivity index (χ1v) is 10.5. The zero-order valence-corrected chi connectivity index (χ0v) is 17.8. The van der Waals surface area contributed by atoms with Crippen LogP contribution in [0.3, 0.4) is 0 Å². The number of aliphatic hydroxyl groups excluding tert-OH is 1. The highest BCUT2D eigenvalue weighted by Gasteiger charge is 2.63. The molecule has 3 aliphatic carbocycles. The predicted molar refractivity (Wildman–Crippen MR) is 107 cm³/mol. The van der Waals surface area contributed by atoms with Gasteiger partial charge in [-0.25, -0.2) is 4.39 Å². The highest BCUT2D eigenvalue weighted by Crippen LogP contribution is 2.58. The summed E-state index contributed by atoms with van der Waals surface area (Å²) in [6, 6.07) is 0. The number of rotatable bonds is 6. The molecule has 2 saturated carbocycles. The summed E-state index contributed by atoms with van der Waals surface area (Å²) in [6.07, 6.45) is 5.46. The number of fused-ring (bicyclic) bond motifs is 1. The van der Waals surface area contributed by atoms with Crippen molar-refractivity contribution in [3.63, 3.8) is 0 Å². The van der Waals surface area contributed by atoms with Crippen molar-refractivity contribution in [3.05, 3.63) is 23.8 Å². The van der Waals surface area contributed by atoms with E-state index in [0.717, 1.165) is 0 Å². The summed E-state index contributed by atoms with van der Waals surface area (Å²) < 4.78 is 21.5. The molecule has 0 aliphatic heterocycles. The van der Waals surface area contributed by atoms with Crippen LogP contribution in [-0.2, 0) is 14.3 Å². The van der Waals surface area contributed by atoms with Gasteiger partial charge in [-0.3, -0.25) is 9.59 Å². The molecule has 3 aliphatic rings. The van der Waals surface area contributed by atoms with Crippen LogP contribution in [0.5, 0.6) is 0 Å². The van der Waals surface area contributed by atoms with Crippen LogP contribution in [0, 0.1) is 16.7 Å². The summed E-state index contributed by atoms with van der Waals surface area (Å²) in [5, 5.41) is 22.6. The van der Waals surface area contributed by atoms with E-state index >= 15 is 4.39 Å². The van der Waals surface area contributed by atoms with E-state index in [1.807, 2.05) is 6.92 Å². The van der Waals surface area contributed by atoms with Crippen LogP contribution in [0.25, 0.3) is 0 Å². The molecule has 0 amide bonds. The minimum Gasteiger partial charge on any atom is -0.390 e. The van der Waals surface area contributed by atoms with E-state index in [1.54, 1.807) is 19.9 Å². The molecular formula is C23H33FO5. The number of carbonyl (C=O) groups is 2. The molecule has 0 saturated heterocycles. The lowest BCUT2D eigenvalue weighted by Gasteiger charge is -2.52. The Morgan fingerprint density at radius 2 is 2.07 bits per heavy atom. The van der Waals surface area contributed by atoms with E-state index in [0.29, 0.717) is 31.3 Å². The Labute approximate surface area is 172 Å². The Kier molecular flexibility index (Phi) is 5.69. The minimum absolute atomic E-state index is 0.0373. The summed E-state index contributed by atoms with van der Waals surface area (Å²) in [6.45, 7) is 5.09. The smallest absolute Gasteiger partial charge is 0.190 e. The molecule has 6 atom stereocenters. The fraction of sp³-hybridized carbons (Fsp3) is 0.739. The first-order chi connectivity index (χ1) is 13.4. The van der Waals surface area contributed by atoms with Crippen molar-refractivity contribution in [2.24, 2.45) is 16.7 Å². The Bertz CT molecular complexity index is 760. The molecule has 0 bridgehead atoms. The zero-order valence-electron chi connectivity index (χ0n) is 17.8. The maximum atomic E-state index is 16.5. The number of hydrogen-bond donors (Lipinski definition) is 2. The monoisotopic (exact) mass is 408 g/mol. The molecular weight excluding hydrogens is 375 g/mol. The van der Waals surface area contributed by atoms with E-state index in [2.05, 4.69) is 0 Å². The quantitative estimate of drug-likeness (QED) is 0.706. The van der Waals surface area contributed by atoms with Crippen LogP contribution in [0.15, 0.2) is 23.8 Å². The van der Waals surface area contributed by atoms with Crippen molar-refractivity contribution in [1.82, 2.24) is 0 Å². The molecule has 162 valence electrons. The second-order valence-corrected chi connectivity index (χ2v) is 9.67. The van der Waals surface area contributed by atoms with Gasteiger partial charge in [-0.1, -0.05) is 25.5 Å². The third kappa shape index (κ3) is 3.15. The molecule has 2 N–H and O–H groups in total. The summed E-state index contributed by atoms with van der Waals surface area (Å²) >= 11 is 0. The number of ketones is 2. The molecule has 0 heterocycles. The predicted octanol–water partition coefficient (Wildman–Crippen LogP) is 3.08. The molecule has 0 aromatic rings. The standard InChI is InChI=1S/C23H33FO5/c1-15-7-10-20(2,23(15,28)19(27)14-29-4)13-18(26)22(24)9-5-6-16-12-17(25)8-11-21(16,22)3/h8,11-12,15,18,26,28H,5-7,9-10,13-14H2,1-4H3. The van der Waals surface area contributed by atoms with Gasteiger partial charge in [-0.15, -0.1) is 0 Å². The van der Waals surface area contributed by atoms with Gasteiger partial charge in [0.25, 0.3) is 0 Å². The zero-order chi connectivity index (χ0) is 21.7. The fourth-order valence-corrected chi connectivity index (χ4v) is 6.00. The van der Waals surface area contributed by atoms with Gasteiger partial charge in [-0.2, -0.15) is 0 Å². The number of Topliss-reactive ketones (excluding diaryl/α,β-unsaturated/α-hetero) is 1. The SMILES string of the molecule is COCC(=O)C1(O)C(C)CCC1(C)CC(O)C1(F)CCCC2=CC(=O)C=CC21C. The number of ether oxygens (including phenoxy) is 1. The summed E-state index contributed by atoms with van der Waals surface area (Å²) in [5.41, 5.74) is -4.99. The van der Waals surface area contributed by atoms with Crippen molar-refractivity contribution in [2.45, 2.75) is 76.7 Å². The highest BCUT2D eigenvalue weighted by atomic mass is 19.1. The van der Waals surface area contributed by atoms with E-state index in [1.165, 1.54) is 19.3 Å². The van der Waals surface area contributed by atoms with E-state index in [9.17, 15) is 19.8 Å². The van der Waals surface area contributed by atoms with Crippen LogP contribution in [0.2, 0.25) is 0 Å². The summed E-state index contributed by atoms with van der Waals surface area (Å²) in [7, 11) is 1.40. The minimum atomic E-state index is -1.98. The van der Waals surface area contributed by atoms with Gasteiger partial charge in [0, 0.05) is 17.9 Å². The van der Waals surface area contributed by atoms with Gasteiger partial charge in [0.15, 0.2) is 11.6 Å². The van der Waals surface area contributed by atoms with Crippen molar-refractivity contribution >= 4 is 11.6 Å². The van der Waals surface area contributed by atoms with Gasteiger partial charge in [0.05, 0.1) is 6.10 Å². The maximum Gasteiger partial charge on any atom is 0.190 e. The number of carbonyl (C=O) groups excluding carboxylic acids is 2. The molecule has 6 unspecified atom stereocenters. The van der Waals surface area contributed by atoms with Crippen molar-refractivity contribution in [1.29, 1.82) is 0 Å². The lowest BCUT2D eigenvalue weighted by atomic mass is 9.56. The second-order valence-electron chi connectivity index (χ2n) is 9.67. The number of alkyl halides is 1. The van der Waals surface area contributed by atoms with E-state index in [4.69, 9.17) is 4.74 Å². The Morgan fingerprint density at radius 3 is 2.72 bits per heavy atom. The maximum absolute atomic E-state index is 16.5. The molecule has 6 heteroatoms. The van der Waals surface area contributed by atoms with E-state index < -0.39 is 34.0 Å². The molecule has 0 aromatic heterocycles. The molecule has 29 heavy (non-hydrogen) atoms. The first-order valence-electron chi connectivity index (χ1n) is 10.5. The average Bonchev–Trinajstić information content (AvgIpc) is 2.89. The number of allylic oxidation sites excluding steroid dienone is 4. The molecule has 0 aromatic carbocycles. The second kappa shape index (κ2) is 7.40. The van der Waals surface area contributed by atoms with Crippen molar-refractivity contribution in [3.8, 4) is 0 Å². The molecule has 0 spiro atoms. The van der Waals surface area contributed by atoms with Gasteiger partial charge >= 0.3 is 0 Å². The highest BCUT2D eigenvalue weighted by molar-refractivity contribution is 6.01. The Morgan fingerprint density at radius 1 is 1.38 bits per heavy atom. The van der Waals surface area contributed by atoms with Crippen LogP contribution in [0.1, 0.15) is 59.3 Å². The Hall–Kier alpha value is -1.37.